The number of rotatable bonds is 8. The molecule has 4 aliphatic heterocycles. The minimum atomic E-state index is -1.000. The van der Waals surface area contributed by atoms with Crippen LogP contribution in [0.1, 0.15) is 36.8 Å². The number of phenols is 1. The van der Waals surface area contributed by atoms with Gasteiger partial charge in [0.05, 0.1) is 11.1 Å². The predicted molar refractivity (Wildman–Crippen MR) is 185 cm³/mol. The standard InChI is InChI=1S/C35H47BrN6O6/c36-29-23-25(5-6-31(29)44)24-32(33(45)40-12-8-27(9-13-40)39-19-17-38(18-20-39)21-22-43)48-35(47)41-14-10-28(11-15-41)42-16-7-26-3-1-2-4-30(26)37-34(42)46/h1-6,23,27-28,32,43-44H,7-22,24H2,(H,37,46)/t32-/m1/s1. The van der Waals surface area contributed by atoms with Crippen LogP contribution in [0.3, 0.4) is 0 Å². The van der Waals surface area contributed by atoms with E-state index in [-0.39, 0.29) is 36.8 Å². The Kier molecular flexibility index (Phi) is 11.4. The third kappa shape index (κ3) is 8.24. The Labute approximate surface area is 290 Å². The average molecular weight is 728 g/mol. The number of nitrogens with zero attached hydrogens (tertiary/aromatic N) is 5. The van der Waals surface area contributed by atoms with Crippen LogP contribution in [0, 0.1) is 0 Å². The van der Waals surface area contributed by atoms with Gasteiger partial charge in [-0.25, -0.2) is 9.59 Å². The van der Waals surface area contributed by atoms with E-state index >= 15 is 0 Å². The molecule has 0 saturated carbocycles. The number of halogens is 1. The number of likely N-dealkylation sites (tertiary alicyclic amines) is 2. The van der Waals surface area contributed by atoms with Gasteiger partial charge in [0, 0.05) is 89.6 Å². The lowest BCUT2D eigenvalue weighted by Gasteiger charge is -2.43. The van der Waals surface area contributed by atoms with Gasteiger partial charge in [-0.15, -0.1) is 0 Å². The van der Waals surface area contributed by atoms with Gasteiger partial charge < -0.3 is 35.0 Å². The molecule has 3 fully saturated rings. The number of nitrogens with one attached hydrogen (secondary N) is 1. The molecule has 1 atom stereocenters. The van der Waals surface area contributed by atoms with Gasteiger partial charge in [-0.3, -0.25) is 14.6 Å². The first-order chi connectivity index (χ1) is 23.3. The Morgan fingerprint density at radius 3 is 2.29 bits per heavy atom. The molecule has 12 nitrogen and oxygen atoms in total. The third-order valence-corrected chi connectivity index (χ3v) is 11.0. The maximum absolute atomic E-state index is 14.0. The zero-order chi connectivity index (χ0) is 33.6. The highest BCUT2D eigenvalue weighted by atomic mass is 79.9. The third-order valence-electron chi connectivity index (χ3n) is 10.4. The Balaban J connectivity index is 1.05. The molecule has 4 heterocycles. The molecule has 0 spiro atoms. The second-order valence-corrected chi connectivity index (χ2v) is 14.1. The number of anilines is 1. The molecule has 3 saturated heterocycles. The SMILES string of the molecule is O=C(O[C@H](Cc1ccc(O)c(Br)c1)C(=O)N1CCC(N2CCN(CCO)CC2)CC1)N1CCC(N2CCc3ccccc3NC2=O)CC1. The van der Waals surface area contributed by atoms with Crippen LogP contribution in [-0.4, -0.2) is 143 Å². The maximum atomic E-state index is 14.0. The Morgan fingerprint density at radius 2 is 1.58 bits per heavy atom. The van der Waals surface area contributed by atoms with E-state index in [2.05, 4.69) is 31.0 Å². The average Bonchev–Trinajstić information content (AvgIpc) is 3.28. The summed E-state index contributed by atoms with van der Waals surface area (Å²) in [5.74, 6) is -0.0998. The van der Waals surface area contributed by atoms with Gasteiger partial charge in [-0.05, 0) is 77.4 Å². The van der Waals surface area contributed by atoms with Crippen LogP contribution in [0.2, 0.25) is 0 Å². The number of β-amino-alcohol motifs (C(OH)–C–C–N with tert-alkyl or cyclic N) is 1. The number of hydrogen-bond acceptors (Lipinski definition) is 8. The lowest BCUT2D eigenvalue weighted by atomic mass is 10.0. The number of piperidine rings is 2. The molecule has 4 amide bonds. The van der Waals surface area contributed by atoms with Crippen molar-refractivity contribution in [1.82, 2.24) is 24.5 Å². The molecule has 0 bridgehead atoms. The van der Waals surface area contributed by atoms with Crippen molar-refractivity contribution in [3.8, 4) is 5.75 Å². The number of amides is 4. The lowest BCUT2D eigenvalue weighted by molar-refractivity contribution is -0.142. The summed E-state index contributed by atoms with van der Waals surface area (Å²) in [6.45, 7) is 7.37. The van der Waals surface area contributed by atoms with Crippen molar-refractivity contribution in [3.05, 3.63) is 58.1 Å². The van der Waals surface area contributed by atoms with Crippen molar-refractivity contribution in [1.29, 1.82) is 0 Å². The van der Waals surface area contributed by atoms with Gasteiger partial charge in [0.15, 0.2) is 6.10 Å². The van der Waals surface area contributed by atoms with E-state index in [9.17, 15) is 24.6 Å². The first kappa shape index (κ1) is 34.5. The number of ether oxygens (including phenoxy) is 1. The molecule has 4 aliphatic rings. The number of aromatic hydroxyl groups is 1. The highest BCUT2D eigenvalue weighted by molar-refractivity contribution is 9.10. The summed E-state index contributed by atoms with van der Waals surface area (Å²) in [5.41, 5.74) is 2.74. The van der Waals surface area contributed by atoms with Crippen molar-refractivity contribution in [2.45, 2.75) is 56.7 Å². The number of phenolic OH excluding ortho intramolecular Hbond substituents is 1. The fraction of sp³-hybridized carbons (Fsp3) is 0.571. The molecular weight excluding hydrogens is 680 g/mol. The van der Waals surface area contributed by atoms with E-state index in [1.54, 1.807) is 23.1 Å². The molecule has 0 aliphatic carbocycles. The monoisotopic (exact) mass is 726 g/mol. The van der Waals surface area contributed by atoms with Gasteiger partial charge in [-0.1, -0.05) is 24.3 Å². The predicted octanol–water partition coefficient (Wildman–Crippen LogP) is 3.36. The topological polar surface area (TPSA) is 129 Å². The number of aliphatic hydroxyl groups is 1. The second-order valence-electron chi connectivity index (χ2n) is 13.3. The van der Waals surface area contributed by atoms with Crippen LogP contribution in [0.4, 0.5) is 15.3 Å². The Bertz CT molecular complexity index is 1440. The summed E-state index contributed by atoms with van der Waals surface area (Å²) in [5, 5.41) is 22.3. The molecule has 0 unspecified atom stereocenters. The number of benzene rings is 2. The van der Waals surface area contributed by atoms with Crippen LogP contribution >= 0.6 is 15.9 Å². The summed E-state index contributed by atoms with van der Waals surface area (Å²) < 4.78 is 6.52. The number of hydrogen-bond donors (Lipinski definition) is 3. The summed E-state index contributed by atoms with van der Waals surface area (Å²) >= 11 is 3.36. The maximum Gasteiger partial charge on any atom is 0.410 e. The normalized spacial score (nSPS) is 21.0. The number of aliphatic hydroxyl groups excluding tert-OH is 1. The molecule has 48 heavy (non-hydrogen) atoms. The summed E-state index contributed by atoms with van der Waals surface area (Å²) in [4.78, 5) is 50.7. The number of para-hydroxylation sites is 1. The van der Waals surface area contributed by atoms with E-state index < -0.39 is 12.2 Å². The molecule has 0 aromatic heterocycles. The van der Waals surface area contributed by atoms with E-state index in [0.717, 1.165) is 62.3 Å². The zero-order valence-electron chi connectivity index (χ0n) is 27.4. The number of piperazine rings is 1. The smallest absolute Gasteiger partial charge is 0.410 e. The highest BCUT2D eigenvalue weighted by Gasteiger charge is 2.36. The molecule has 0 radical (unpaired) electrons. The lowest BCUT2D eigenvalue weighted by Crippen LogP contribution is -2.55. The quantitative estimate of drug-likeness (QED) is 0.378. The van der Waals surface area contributed by atoms with E-state index in [4.69, 9.17) is 4.74 Å². The van der Waals surface area contributed by atoms with E-state index in [0.29, 0.717) is 62.6 Å². The van der Waals surface area contributed by atoms with E-state index in [1.807, 2.05) is 34.1 Å². The highest BCUT2D eigenvalue weighted by Crippen LogP contribution is 2.28. The fourth-order valence-corrected chi connectivity index (χ4v) is 7.94. The second kappa shape index (κ2) is 15.9. The van der Waals surface area contributed by atoms with Gasteiger partial charge >= 0.3 is 12.1 Å². The summed E-state index contributed by atoms with van der Waals surface area (Å²) in [7, 11) is 0. The van der Waals surface area contributed by atoms with E-state index in [1.165, 1.54) is 0 Å². The van der Waals surface area contributed by atoms with Crippen LogP contribution in [0.25, 0.3) is 0 Å². The number of carbonyl (C=O) groups excluding carboxylic acids is 3. The van der Waals surface area contributed by atoms with Crippen molar-refractivity contribution in [2.75, 3.05) is 77.4 Å². The van der Waals surface area contributed by atoms with Gasteiger partial charge in [-0.2, -0.15) is 0 Å². The molecular formula is C35H47BrN6O6. The van der Waals surface area contributed by atoms with Crippen molar-refractivity contribution in [2.24, 2.45) is 0 Å². The number of carbonyl (C=O) groups is 3. The molecule has 2 aromatic carbocycles. The van der Waals surface area contributed by atoms with Crippen LogP contribution in [-0.2, 0) is 22.4 Å². The summed E-state index contributed by atoms with van der Waals surface area (Å²) in [6, 6.07) is 13.2. The molecule has 3 N–H and O–H groups in total. The van der Waals surface area contributed by atoms with Crippen LogP contribution < -0.4 is 5.32 Å². The van der Waals surface area contributed by atoms with Crippen LogP contribution in [0.5, 0.6) is 5.75 Å². The van der Waals surface area contributed by atoms with Gasteiger partial charge in [0.25, 0.3) is 5.91 Å². The van der Waals surface area contributed by atoms with Crippen LogP contribution in [0.15, 0.2) is 46.9 Å². The minimum Gasteiger partial charge on any atom is -0.507 e. The molecule has 2 aromatic rings. The molecule has 6 rings (SSSR count). The molecule has 13 heteroatoms. The van der Waals surface area contributed by atoms with Crippen molar-refractivity contribution in [3.63, 3.8) is 0 Å². The Hall–Kier alpha value is -3.39. The Morgan fingerprint density at radius 1 is 0.896 bits per heavy atom. The largest absolute Gasteiger partial charge is 0.507 e. The first-order valence-corrected chi connectivity index (χ1v) is 18.0. The fourth-order valence-electron chi connectivity index (χ4n) is 7.51. The summed E-state index contributed by atoms with van der Waals surface area (Å²) in [6.07, 6.45) is 2.43. The van der Waals surface area contributed by atoms with Gasteiger partial charge in [0.1, 0.15) is 5.75 Å². The van der Waals surface area contributed by atoms with Crippen molar-refractivity contribution >= 4 is 39.6 Å². The van der Waals surface area contributed by atoms with Crippen molar-refractivity contribution < 1.29 is 29.3 Å². The molecule has 260 valence electrons. The number of urea groups is 1. The number of fused-ring (bicyclic) bond motifs is 1. The minimum absolute atomic E-state index is 0.00842. The zero-order valence-corrected chi connectivity index (χ0v) is 29.0. The first-order valence-electron chi connectivity index (χ1n) is 17.2. The van der Waals surface area contributed by atoms with Gasteiger partial charge in [0.2, 0.25) is 0 Å².